The lowest BCUT2D eigenvalue weighted by Crippen LogP contribution is -2.51. The molecule has 1 aromatic heterocycles. The van der Waals surface area contributed by atoms with E-state index in [1.54, 1.807) is 0 Å². The van der Waals surface area contributed by atoms with Crippen LogP contribution in [0.2, 0.25) is 0 Å². The number of aliphatic hydroxyl groups is 1. The van der Waals surface area contributed by atoms with E-state index in [-0.39, 0.29) is 23.2 Å². The van der Waals surface area contributed by atoms with Crippen molar-refractivity contribution in [3.63, 3.8) is 0 Å². The van der Waals surface area contributed by atoms with Gasteiger partial charge in [-0.25, -0.2) is 9.97 Å². The number of hydrogen-bond acceptors (Lipinski definition) is 6. The first-order valence-corrected chi connectivity index (χ1v) is 10.6. The number of rotatable bonds is 10. The van der Waals surface area contributed by atoms with Gasteiger partial charge in [0, 0.05) is 18.5 Å². The normalized spacial score (nSPS) is 14.2. The molecule has 4 N–H and O–H groups in total. The topological polar surface area (TPSA) is 99.2 Å². The molecule has 1 aromatic carbocycles. The number of aromatic nitrogens is 2. The van der Waals surface area contributed by atoms with Crippen LogP contribution >= 0.6 is 0 Å². The SMILES string of the molecule is CCC[C@H](O)[C@H](CNCC(C)(C)C)NC(=O)CNc1ncnc2ccc(C(F)(F)F)cc12. The van der Waals surface area contributed by atoms with Crippen molar-refractivity contribution in [2.45, 2.75) is 58.9 Å². The van der Waals surface area contributed by atoms with Crippen LogP contribution in [0.5, 0.6) is 0 Å². The number of carbonyl (C=O) groups is 1. The average molecular weight is 456 g/mol. The lowest BCUT2D eigenvalue weighted by Gasteiger charge is -2.27. The van der Waals surface area contributed by atoms with Gasteiger partial charge in [0.2, 0.25) is 5.91 Å². The van der Waals surface area contributed by atoms with Gasteiger partial charge in [0.15, 0.2) is 0 Å². The van der Waals surface area contributed by atoms with Crippen LogP contribution in [-0.2, 0) is 11.0 Å². The minimum Gasteiger partial charge on any atom is -0.391 e. The van der Waals surface area contributed by atoms with Gasteiger partial charge >= 0.3 is 6.18 Å². The van der Waals surface area contributed by atoms with E-state index in [4.69, 9.17) is 0 Å². The summed E-state index contributed by atoms with van der Waals surface area (Å²) < 4.78 is 39.2. The van der Waals surface area contributed by atoms with Crippen molar-refractivity contribution in [2.75, 3.05) is 25.0 Å². The molecule has 0 saturated carbocycles. The van der Waals surface area contributed by atoms with Crippen molar-refractivity contribution in [1.82, 2.24) is 20.6 Å². The van der Waals surface area contributed by atoms with Crippen LogP contribution in [0, 0.1) is 5.41 Å². The highest BCUT2D eigenvalue weighted by Crippen LogP contribution is 2.32. The van der Waals surface area contributed by atoms with Crippen molar-refractivity contribution in [3.05, 3.63) is 30.1 Å². The smallest absolute Gasteiger partial charge is 0.391 e. The zero-order chi connectivity index (χ0) is 23.9. The maximum absolute atomic E-state index is 13.1. The Morgan fingerprint density at radius 3 is 2.53 bits per heavy atom. The van der Waals surface area contributed by atoms with E-state index in [2.05, 4.69) is 46.7 Å². The number of hydrogen-bond donors (Lipinski definition) is 4. The Hall–Kier alpha value is -2.46. The second-order valence-electron chi connectivity index (χ2n) is 9.03. The number of benzene rings is 1. The molecule has 7 nitrogen and oxygen atoms in total. The van der Waals surface area contributed by atoms with Gasteiger partial charge in [-0.05, 0) is 30.0 Å². The molecule has 178 valence electrons. The van der Waals surface area contributed by atoms with Crippen LogP contribution in [0.15, 0.2) is 24.5 Å². The van der Waals surface area contributed by atoms with Crippen LogP contribution in [0.4, 0.5) is 19.0 Å². The Bertz CT molecular complexity index is 899. The van der Waals surface area contributed by atoms with Crippen LogP contribution in [-0.4, -0.2) is 52.8 Å². The van der Waals surface area contributed by atoms with E-state index >= 15 is 0 Å². The molecular weight excluding hydrogens is 423 g/mol. The summed E-state index contributed by atoms with van der Waals surface area (Å²) in [7, 11) is 0. The molecule has 0 spiro atoms. The largest absolute Gasteiger partial charge is 0.416 e. The van der Waals surface area contributed by atoms with E-state index in [0.29, 0.717) is 25.0 Å². The monoisotopic (exact) mass is 455 g/mol. The second-order valence-corrected chi connectivity index (χ2v) is 9.03. The third-order valence-electron chi connectivity index (χ3n) is 4.79. The molecule has 1 heterocycles. The number of fused-ring (bicyclic) bond motifs is 1. The zero-order valence-corrected chi connectivity index (χ0v) is 18.9. The maximum atomic E-state index is 13.1. The Balaban J connectivity index is 2.06. The number of nitrogens with zero attached hydrogens (tertiary/aromatic N) is 2. The van der Waals surface area contributed by atoms with Crippen LogP contribution in [0.1, 0.15) is 46.1 Å². The Morgan fingerprint density at radius 1 is 1.19 bits per heavy atom. The third kappa shape index (κ3) is 7.90. The quantitative estimate of drug-likeness (QED) is 0.439. The van der Waals surface area contributed by atoms with E-state index in [9.17, 15) is 23.1 Å². The van der Waals surface area contributed by atoms with Gasteiger partial charge in [0.1, 0.15) is 12.1 Å². The molecule has 0 fully saturated rings. The second kappa shape index (κ2) is 10.9. The van der Waals surface area contributed by atoms with E-state index in [1.165, 1.54) is 12.4 Å². The number of carbonyl (C=O) groups excluding carboxylic acids is 1. The summed E-state index contributed by atoms with van der Waals surface area (Å²) >= 11 is 0. The van der Waals surface area contributed by atoms with Gasteiger partial charge in [-0.15, -0.1) is 0 Å². The number of anilines is 1. The summed E-state index contributed by atoms with van der Waals surface area (Å²) in [5, 5.41) is 19.5. The van der Waals surface area contributed by atoms with Gasteiger partial charge in [-0.1, -0.05) is 34.1 Å². The number of halogens is 3. The molecule has 2 rings (SSSR count). The number of alkyl halides is 3. The summed E-state index contributed by atoms with van der Waals surface area (Å²) in [4.78, 5) is 20.5. The standard InChI is InChI=1S/C22H32F3N5O2/c1-5-6-18(31)17(10-26-12-21(2,3)4)30-19(32)11-27-20-15-9-14(22(23,24)25)7-8-16(15)28-13-29-20/h7-9,13,17-18,26,31H,5-6,10-12H2,1-4H3,(H,30,32)(H,27,28,29)/t17-,18-/m0/s1. The molecule has 0 saturated heterocycles. The lowest BCUT2D eigenvalue weighted by atomic mass is 9.96. The fraction of sp³-hybridized carbons (Fsp3) is 0.591. The number of amides is 1. The minimum atomic E-state index is -4.50. The fourth-order valence-corrected chi connectivity index (χ4v) is 3.18. The van der Waals surface area contributed by atoms with Crippen molar-refractivity contribution in [3.8, 4) is 0 Å². The first kappa shape index (κ1) is 25.8. The van der Waals surface area contributed by atoms with Crippen molar-refractivity contribution >= 4 is 22.6 Å². The molecule has 0 aliphatic carbocycles. The average Bonchev–Trinajstić information content (AvgIpc) is 2.69. The van der Waals surface area contributed by atoms with Gasteiger partial charge in [0.25, 0.3) is 0 Å². The summed E-state index contributed by atoms with van der Waals surface area (Å²) in [5.41, 5.74) is -0.437. The fourth-order valence-electron chi connectivity index (χ4n) is 3.18. The van der Waals surface area contributed by atoms with Gasteiger partial charge in [-0.2, -0.15) is 13.2 Å². The minimum absolute atomic E-state index is 0.0508. The molecule has 0 radical (unpaired) electrons. The highest BCUT2D eigenvalue weighted by molar-refractivity contribution is 5.91. The Morgan fingerprint density at radius 2 is 1.91 bits per heavy atom. The molecule has 2 atom stereocenters. The van der Waals surface area contributed by atoms with Gasteiger partial charge in [-0.3, -0.25) is 4.79 Å². The number of aliphatic hydroxyl groups excluding tert-OH is 1. The van der Waals surface area contributed by atoms with E-state index in [0.717, 1.165) is 18.6 Å². The molecule has 0 aliphatic rings. The Kier molecular flexibility index (Phi) is 8.80. The van der Waals surface area contributed by atoms with Crippen molar-refractivity contribution in [1.29, 1.82) is 0 Å². The molecule has 0 unspecified atom stereocenters. The first-order valence-electron chi connectivity index (χ1n) is 10.6. The zero-order valence-electron chi connectivity index (χ0n) is 18.9. The molecule has 10 heteroatoms. The number of nitrogens with one attached hydrogen (secondary N) is 3. The van der Waals surface area contributed by atoms with Crippen LogP contribution in [0.3, 0.4) is 0 Å². The molecule has 32 heavy (non-hydrogen) atoms. The van der Waals surface area contributed by atoms with Crippen molar-refractivity contribution in [2.24, 2.45) is 5.41 Å². The highest BCUT2D eigenvalue weighted by Gasteiger charge is 2.31. The van der Waals surface area contributed by atoms with Crippen LogP contribution in [0.25, 0.3) is 10.9 Å². The summed E-state index contributed by atoms with van der Waals surface area (Å²) in [6, 6.07) is 2.68. The molecule has 2 aromatic rings. The molecule has 1 amide bonds. The van der Waals surface area contributed by atoms with Crippen LogP contribution < -0.4 is 16.0 Å². The summed E-state index contributed by atoms with van der Waals surface area (Å²) in [6.45, 7) is 9.09. The molecule has 0 aliphatic heterocycles. The predicted octanol–water partition coefficient (Wildman–Crippen LogP) is 3.34. The first-order chi connectivity index (χ1) is 14.9. The summed E-state index contributed by atoms with van der Waals surface area (Å²) in [5.74, 6) is -0.269. The predicted molar refractivity (Wildman–Crippen MR) is 118 cm³/mol. The molecular formula is C22H32F3N5O2. The van der Waals surface area contributed by atoms with Crippen molar-refractivity contribution < 1.29 is 23.1 Å². The lowest BCUT2D eigenvalue weighted by molar-refractivity contribution is -0.137. The third-order valence-corrected chi connectivity index (χ3v) is 4.79. The Labute approximate surface area is 186 Å². The van der Waals surface area contributed by atoms with Gasteiger partial charge in [0.05, 0.1) is 29.8 Å². The highest BCUT2D eigenvalue weighted by atomic mass is 19.4. The maximum Gasteiger partial charge on any atom is 0.416 e. The summed E-state index contributed by atoms with van der Waals surface area (Å²) in [6.07, 6.45) is -2.70. The van der Waals surface area contributed by atoms with E-state index < -0.39 is 29.8 Å². The van der Waals surface area contributed by atoms with Gasteiger partial charge < -0.3 is 21.1 Å². The molecule has 0 bridgehead atoms. The van der Waals surface area contributed by atoms with E-state index in [1.807, 2.05) is 6.92 Å².